The van der Waals surface area contributed by atoms with Gasteiger partial charge in [0.25, 0.3) is 5.91 Å². The fourth-order valence-electron chi connectivity index (χ4n) is 6.14. The quantitative estimate of drug-likeness (QED) is 0.193. The molecule has 5 nitrogen and oxygen atoms in total. The van der Waals surface area contributed by atoms with Crippen LogP contribution in [-0.4, -0.2) is 47.5 Å². The Balaban J connectivity index is 1.22. The molecule has 0 aliphatic carbocycles. The Morgan fingerprint density at radius 1 is 1.00 bits per heavy atom. The van der Waals surface area contributed by atoms with Gasteiger partial charge in [-0.15, -0.1) is 0 Å². The predicted octanol–water partition coefficient (Wildman–Crippen LogP) is 7.93. The number of likely N-dealkylation sites (tertiary alicyclic amines) is 1. The first-order chi connectivity index (χ1) is 20.8. The topological polar surface area (TPSA) is 73.2 Å². The van der Waals surface area contributed by atoms with E-state index in [0.29, 0.717) is 33.6 Å². The third-order valence-corrected chi connectivity index (χ3v) is 10.2. The Kier molecular flexibility index (Phi) is 10.5. The van der Waals surface area contributed by atoms with Crippen LogP contribution in [-0.2, 0) is 10.8 Å². The minimum Gasteiger partial charge on any atom is -0.352 e. The van der Waals surface area contributed by atoms with Crippen LogP contribution in [0.4, 0.5) is 0 Å². The third kappa shape index (κ3) is 7.66. The average Bonchev–Trinajstić information content (AvgIpc) is 3.03. The second-order valence-electron chi connectivity index (χ2n) is 11.2. The molecular weight excluding hydrogens is 597 g/mol. The Hall–Kier alpha value is -3.21. The van der Waals surface area contributed by atoms with Crippen molar-refractivity contribution in [3.63, 3.8) is 0 Å². The van der Waals surface area contributed by atoms with Gasteiger partial charge in [-0.3, -0.25) is 9.00 Å². The minimum atomic E-state index is -0.989. The van der Waals surface area contributed by atoms with Crippen LogP contribution in [0, 0.1) is 11.3 Å². The molecule has 0 aromatic heterocycles. The number of halogens is 2. The molecule has 0 bridgehead atoms. The van der Waals surface area contributed by atoms with E-state index in [1.807, 2.05) is 60.7 Å². The minimum absolute atomic E-state index is 0.126. The molecular formula is C35H35Cl2N3O2S. The summed E-state index contributed by atoms with van der Waals surface area (Å²) in [6.45, 7) is 3.45. The highest BCUT2D eigenvalue weighted by molar-refractivity contribution is 7.84. The number of nitriles is 1. The van der Waals surface area contributed by atoms with Crippen molar-refractivity contribution < 1.29 is 9.00 Å². The van der Waals surface area contributed by atoms with Gasteiger partial charge in [-0.05, 0) is 115 Å². The van der Waals surface area contributed by atoms with E-state index < -0.39 is 10.8 Å². The molecule has 1 aliphatic rings. The Labute approximate surface area is 266 Å². The normalized spacial score (nSPS) is 15.6. The van der Waals surface area contributed by atoms with E-state index in [1.54, 1.807) is 18.4 Å². The summed E-state index contributed by atoms with van der Waals surface area (Å²) in [5, 5.41) is 15.1. The highest BCUT2D eigenvalue weighted by Gasteiger charge is 2.24. The summed E-state index contributed by atoms with van der Waals surface area (Å²) in [5.41, 5.74) is 3.52. The van der Waals surface area contributed by atoms with Gasteiger partial charge < -0.3 is 10.2 Å². The zero-order valence-corrected chi connectivity index (χ0v) is 26.5. The van der Waals surface area contributed by atoms with E-state index in [4.69, 9.17) is 23.2 Å². The van der Waals surface area contributed by atoms with Gasteiger partial charge >= 0.3 is 0 Å². The van der Waals surface area contributed by atoms with Crippen LogP contribution >= 0.6 is 23.2 Å². The number of carbonyl (C=O) groups excluding carboxylic acids is 1. The van der Waals surface area contributed by atoms with Crippen molar-refractivity contribution in [1.29, 1.82) is 5.26 Å². The summed E-state index contributed by atoms with van der Waals surface area (Å²) in [4.78, 5) is 16.7. The molecule has 8 heteroatoms. The third-order valence-electron chi connectivity index (χ3n) is 8.50. The number of fused-ring (bicyclic) bond motifs is 1. The van der Waals surface area contributed by atoms with Crippen molar-refractivity contribution in [2.45, 2.75) is 42.4 Å². The second-order valence-corrected chi connectivity index (χ2v) is 13.3. The van der Waals surface area contributed by atoms with E-state index in [0.717, 1.165) is 66.5 Å². The van der Waals surface area contributed by atoms with Crippen LogP contribution < -0.4 is 5.32 Å². The number of hydrogen-bond acceptors (Lipinski definition) is 4. The molecule has 5 rings (SSSR count). The lowest BCUT2D eigenvalue weighted by atomic mass is 9.88. The SMILES string of the molecule is C[S@](=O)c1ccccc1C1CCN(CC[C@H](CCNC(=O)c2cccc3cc(C#N)ccc23)c2ccc(Cl)c(Cl)c2)CC1. The zero-order chi connectivity index (χ0) is 30.3. The molecule has 0 saturated carbocycles. The molecule has 222 valence electrons. The van der Waals surface area contributed by atoms with E-state index in [1.165, 1.54) is 5.56 Å². The van der Waals surface area contributed by atoms with Crippen LogP contribution in [0.15, 0.2) is 83.8 Å². The molecule has 4 aromatic carbocycles. The molecule has 1 heterocycles. The summed E-state index contributed by atoms with van der Waals surface area (Å²) in [6, 6.07) is 27.1. The smallest absolute Gasteiger partial charge is 0.251 e. The Bertz CT molecular complexity index is 1680. The number of benzene rings is 4. The van der Waals surface area contributed by atoms with Gasteiger partial charge in [-0.25, -0.2) is 0 Å². The van der Waals surface area contributed by atoms with Crippen molar-refractivity contribution in [2.75, 3.05) is 32.4 Å². The number of rotatable bonds is 10. The van der Waals surface area contributed by atoms with E-state index >= 15 is 0 Å². The van der Waals surface area contributed by atoms with Crippen molar-refractivity contribution in [1.82, 2.24) is 10.2 Å². The maximum absolute atomic E-state index is 13.2. The van der Waals surface area contributed by atoms with Crippen LogP contribution in [0.3, 0.4) is 0 Å². The fourth-order valence-corrected chi connectivity index (χ4v) is 7.28. The highest BCUT2D eigenvalue weighted by Crippen LogP contribution is 2.34. The zero-order valence-electron chi connectivity index (χ0n) is 24.2. The number of piperidine rings is 1. The van der Waals surface area contributed by atoms with Crippen molar-refractivity contribution in [2.24, 2.45) is 0 Å². The Morgan fingerprint density at radius 3 is 2.53 bits per heavy atom. The molecule has 1 saturated heterocycles. The first-order valence-corrected chi connectivity index (χ1v) is 17.0. The maximum atomic E-state index is 13.2. The molecule has 43 heavy (non-hydrogen) atoms. The summed E-state index contributed by atoms with van der Waals surface area (Å²) in [6.07, 6.45) is 5.54. The molecule has 1 N–H and O–H groups in total. The summed E-state index contributed by atoms with van der Waals surface area (Å²) < 4.78 is 12.3. The largest absolute Gasteiger partial charge is 0.352 e. The first-order valence-electron chi connectivity index (χ1n) is 14.6. The molecule has 2 atom stereocenters. The number of amides is 1. The summed E-state index contributed by atoms with van der Waals surface area (Å²) in [5.74, 6) is 0.498. The number of nitrogens with zero attached hydrogens (tertiary/aromatic N) is 2. The lowest BCUT2D eigenvalue weighted by Gasteiger charge is -2.33. The fraction of sp³-hybridized carbons (Fsp3) is 0.314. The number of carbonyl (C=O) groups is 1. The molecule has 0 unspecified atom stereocenters. The van der Waals surface area contributed by atoms with Gasteiger partial charge in [0, 0.05) is 23.3 Å². The summed E-state index contributed by atoms with van der Waals surface area (Å²) in [7, 11) is -0.989. The lowest BCUT2D eigenvalue weighted by molar-refractivity contribution is 0.0953. The van der Waals surface area contributed by atoms with Gasteiger partial charge in [0.15, 0.2) is 0 Å². The lowest BCUT2D eigenvalue weighted by Crippen LogP contribution is -2.34. The highest BCUT2D eigenvalue weighted by atomic mass is 35.5. The van der Waals surface area contributed by atoms with E-state index in [9.17, 15) is 14.3 Å². The monoisotopic (exact) mass is 631 g/mol. The number of hydrogen-bond donors (Lipinski definition) is 1. The number of nitrogens with one attached hydrogen (secondary N) is 1. The predicted molar refractivity (Wildman–Crippen MR) is 177 cm³/mol. The maximum Gasteiger partial charge on any atom is 0.251 e. The van der Waals surface area contributed by atoms with Gasteiger partial charge in [0.2, 0.25) is 0 Å². The molecule has 1 aliphatic heterocycles. The molecule has 0 radical (unpaired) electrons. The van der Waals surface area contributed by atoms with Crippen LogP contribution in [0.5, 0.6) is 0 Å². The average molecular weight is 633 g/mol. The molecule has 1 amide bonds. The van der Waals surface area contributed by atoms with Crippen molar-refractivity contribution >= 4 is 50.7 Å². The van der Waals surface area contributed by atoms with E-state index in [-0.39, 0.29) is 11.8 Å². The van der Waals surface area contributed by atoms with Crippen LogP contribution in [0.1, 0.15) is 64.6 Å². The van der Waals surface area contributed by atoms with Gasteiger partial charge in [-0.1, -0.05) is 65.7 Å². The van der Waals surface area contributed by atoms with Crippen LogP contribution in [0.25, 0.3) is 10.8 Å². The van der Waals surface area contributed by atoms with Crippen molar-refractivity contribution in [3.8, 4) is 6.07 Å². The Morgan fingerprint density at radius 2 is 1.79 bits per heavy atom. The van der Waals surface area contributed by atoms with Gasteiger partial charge in [0.1, 0.15) is 0 Å². The van der Waals surface area contributed by atoms with Crippen LogP contribution in [0.2, 0.25) is 10.0 Å². The standard InChI is InChI=1S/C35H35Cl2N3O2S/c1-43(42)34-8-3-2-6-30(34)26-15-19-40(20-16-26)18-14-25(27-10-12-32(36)33(37)22-27)13-17-39-35(41)31-7-4-5-28-21-24(23-38)9-11-29(28)31/h2-12,21-22,25-26H,13-20H2,1H3,(H,39,41)/t25-,43-/m0/s1. The van der Waals surface area contributed by atoms with E-state index in [2.05, 4.69) is 22.4 Å². The summed E-state index contributed by atoms with van der Waals surface area (Å²) >= 11 is 12.6. The van der Waals surface area contributed by atoms with Crippen molar-refractivity contribution in [3.05, 3.63) is 111 Å². The molecule has 0 spiro atoms. The first kappa shape index (κ1) is 31.2. The van der Waals surface area contributed by atoms with Gasteiger partial charge in [0.05, 0.1) is 32.5 Å². The molecule has 4 aromatic rings. The van der Waals surface area contributed by atoms with Gasteiger partial charge in [-0.2, -0.15) is 5.26 Å². The molecule has 1 fully saturated rings. The second kappa shape index (κ2) is 14.5.